The number of aromatic nitrogens is 2. The van der Waals surface area contributed by atoms with Gasteiger partial charge in [-0.15, -0.1) is 0 Å². The molecule has 8 nitrogen and oxygen atoms in total. The Morgan fingerprint density at radius 1 is 1.38 bits per heavy atom. The molecular formula is C18H25N5O3. The van der Waals surface area contributed by atoms with Crippen LogP contribution in [0, 0.1) is 28.6 Å². The molecule has 1 aromatic rings. The first-order chi connectivity index (χ1) is 12.6. The van der Waals surface area contributed by atoms with Crippen LogP contribution in [0.4, 0.5) is 5.95 Å². The molecule has 2 saturated heterocycles. The number of amides is 1. The van der Waals surface area contributed by atoms with Gasteiger partial charge in [-0.1, -0.05) is 6.92 Å². The third-order valence-electron chi connectivity index (χ3n) is 5.95. The van der Waals surface area contributed by atoms with Crippen LogP contribution in [-0.2, 0) is 16.0 Å². The van der Waals surface area contributed by atoms with Gasteiger partial charge >= 0.3 is 0 Å². The Morgan fingerprint density at radius 3 is 2.77 bits per heavy atom. The van der Waals surface area contributed by atoms with Crippen molar-refractivity contribution < 1.29 is 14.1 Å². The maximum absolute atomic E-state index is 12.9. The first kappa shape index (κ1) is 17.3. The summed E-state index contributed by atoms with van der Waals surface area (Å²) in [5, 5.41) is 16.9. The van der Waals surface area contributed by atoms with Crippen LogP contribution in [-0.4, -0.2) is 48.4 Å². The highest BCUT2D eigenvalue weighted by atomic mass is 16.5. The maximum atomic E-state index is 12.9. The van der Waals surface area contributed by atoms with Crippen molar-refractivity contribution in [3.05, 3.63) is 5.89 Å². The molecule has 3 fully saturated rings. The summed E-state index contributed by atoms with van der Waals surface area (Å²) in [5.74, 6) is 2.09. The number of nitrogens with zero attached hydrogens (tertiary/aromatic N) is 4. The number of nitrogens with one attached hydrogen (secondary N) is 1. The molecule has 140 valence electrons. The predicted octanol–water partition coefficient (Wildman–Crippen LogP) is 1.28. The molecule has 1 amide bonds. The summed E-state index contributed by atoms with van der Waals surface area (Å²) < 4.78 is 10.6. The van der Waals surface area contributed by atoms with E-state index < -0.39 is 5.41 Å². The molecule has 0 aromatic carbocycles. The quantitative estimate of drug-likeness (QED) is 0.844. The van der Waals surface area contributed by atoms with E-state index in [-0.39, 0.29) is 11.9 Å². The Morgan fingerprint density at radius 2 is 2.15 bits per heavy atom. The molecule has 2 aliphatic heterocycles. The van der Waals surface area contributed by atoms with Crippen LogP contribution < -0.4 is 10.2 Å². The molecule has 0 bridgehead atoms. The molecule has 4 rings (SSSR count). The highest BCUT2D eigenvalue weighted by molar-refractivity contribution is 5.86. The van der Waals surface area contributed by atoms with Crippen LogP contribution in [0.25, 0.3) is 0 Å². The Balaban J connectivity index is 1.47. The van der Waals surface area contributed by atoms with Crippen molar-refractivity contribution in [2.45, 2.75) is 45.1 Å². The lowest BCUT2D eigenvalue weighted by Crippen LogP contribution is -2.50. The van der Waals surface area contributed by atoms with E-state index in [9.17, 15) is 10.1 Å². The Bertz CT molecular complexity index is 702. The second-order valence-corrected chi connectivity index (χ2v) is 7.63. The van der Waals surface area contributed by atoms with Crippen molar-refractivity contribution >= 4 is 11.9 Å². The number of ether oxygens (including phenoxy) is 1. The van der Waals surface area contributed by atoms with Gasteiger partial charge in [0, 0.05) is 38.6 Å². The molecule has 8 heteroatoms. The van der Waals surface area contributed by atoms with E-state index in [4.69, 9.17) is 9.26 Å². The first-order valence-corrected chi connectivity index (χ1v) is 9.52. The lowest BCUT2D eigenvalue weighted by atomic mass is 9.80. The summed E-state index contributed by atoms with van der Waals surface area (Å²) in [4.78, 5) is 19.5. The van der Waals surface area contributed by atoms with Gasteiger partial charge in [-0.05, 0) is 36.8 Å². The summed E-state index contributed by atoms with van der Waals surface area (Å²) in [5.41, 5.74) is -0.957. The van der Waals surface area contributed by atoms with E-state index >= 15 is 0 Å². The fourth-order valence-corrected chi connectivity index (χ4v) is 4.08. The SMILES string of the molecule is CCc1nc(N2C[C@@H](NC(=O)C3(C#N)CCOCC3)[C@H](C3CC3)C2)no1. The van der Waals surface area contributed by atoms with Gasteiger partial charge in [0.25, 0.3) is 5.95 Å². The fourth-order valence-electron chi connectivity index (χ4n) is 4.08. The standard InChI is InChI=1S/C18H25N5O3/c1-2-15-21-17(22-26-15)23-9-13(12-3-4-12)14(10-23)20-16(24)18(11-19)5-7-25-8-6-18/h12-14H,2-10H2,1H3,(H,20,24)/t13-,14+/m0/s1. The molecule has 1 N–H and O–H groups in total. The average molecular weight is 359 g/mol. The van der Waals surface area contributed by atoms with Crippen molar-refractivity contribution in [2.24, 2.45) is 17.3 Å². The van der Waals surface area contributed by atoms with Gasteiger partial charge in [-0.2, -0.15) is 10.2 Å². The zero-order valence-corrected chi connectivity index (χ0v) is 15.1. The van der Waals surface area contributed by atoms with E-state index in [1.165, 1.54) is 12.8 Å². The smallest absolute Gasteiger partial charge is 0.266 e. The van der Waals surface area contributed by atoms with E-state index in [1.54, 1.807) is 0 Å². The van der Waals surface area contributed by atoms with Crippen molar-refractivity contribution in [2.75, 3.05) is 31.2 Å². The van der Waals surface area contributed by atoms with Crippen molar-refractivity contribution in [3.63, 3.8) is 0 Å². The lowest BCUT2D eigenvalue weighted by molar-refractivity contribution is -0.133. The number of carbonyl (C=O) groups is 1. The number of anilines is 1. The highest BCUT2D eigenvalue weighted by Crippen LogP contribution is 2.42. The molecule has 3 heterocycles. The second kappa shape index (κ2) is 6.88. The molecule has 0 radical (unpaired) electrons. The minimum Gasteiger partial charge on any atom is -0.381 e. The maximum Gasteiger partial charge on any atom is 0.266 e. The summed E-state index contributed by atoms with van der Waals surface area (Å²) >= 11 is 0. The van der Waals surface area contributed by atoms with Crippen LogP contribution in [0.5, 0.6) is 0 Å². The van der Waals surface area contributed by atoms with Crippen LogP contribution in [0.1, 0.15) is 38.5 Å². The topological polar surface area (TPSA) is 104 Å². The Kier molecular flexibility index (Phi) is 4.57. The summed E-state index contributed by atoms with van der Waals surface area (Å²) in [6, 6.07) is 2.28. The molecule has 0 unspecified atom stereocenters. The van der Waals surface area contributed by atoms with Crippen LogP contribution in [0.2, 0.25) is 0 Å². The van der Waals surface area contributed by atoms with Crippen LogP contribution in [0.3, 0.4) is 0 Å². The van der Waals surface area contributed by atoms with Crippen molar-refractivity contribution in [1.82, 2.24) is 15.5 Å². The third kappa shape index (κ3) is 3.16. The van der Waals surface area contributed by atoms with Gasteiger partial charge in [0.15, 0.2) is 0 Å². The predicted molar refractivity (Wildman–Crippen MR) is 92.1 cm³/mol. The fraction of sp³-hybridized carbons (Fsp3) is 0.778. The second-order valence-electron chi connectivity index (χ2n) is 7.63. The minimum atomic E-state index is -0.957. The molecule has 0 spiro atoms. The van der Waals surface area contributed by atoms with Gasteiger partial charge in [-0.3, -0.25) is 4.79 Å². The minimum absolute atomic E-state index is 0.0200. The van der Waals surface area contributed by atoms with Crippen LogP contribution in [0.15, 0.2) is 4.52 Å². The molecule has 3 aliphatic rings. The number of aryl methyl sites for hydroxylation is 1. The van der Waals surface area contributed by atoms with E-state index in [2.05, 4.69) is 26.4 Å². The number of hydrogen-bond donors (Lipinski definition) is 1. The molecular weight excluding hydrogens is 334 g/mol. The number of carbonyl (C=O) groups excluding carboxylic acids is 1. The normalized spacial score (nSPS) is 27.9. The first-order valence-electron chi connectivity index (χ1n) is 9.52. The highest BCUT2D eigenvalue weighted by Gasteiger charge is 2.47. The molecule has 1 aromatic heterocycles. The summed E-state index contributed by atoms with van der Waals surface area (Å²) in [7, 11) is 0. The zero-order chi connectivity index (χ0) is 18.1. The molecule has 1 saturated carbocycles. The van der Waals surface area contributed by atoms with Gasteiger partial charge in [-0.25, -0.2) is 0 Å². The number of nitriles is 1. The monoisotopic (exact) mass is 359 g/mol. The zero-order valence-electron chi connectivity index (χ0n) is 15.1. The Hall–Kier alpha value is -2.14. The molecule has 26 heavy (non-hydrogen) atoms. The summed E-state index contributed by atoms with van der Waals surface area (Å²) in [6.07, 6.45) is 4.04. The molecule has 2 atom stereocenters. The Labute approximate surface area is 152 Å². The van der Waals surface area contributed by atoms with Gasteiger partial charge < -0.3 is 19.5 Å². The summed E-state index contributed by atoms with van der Waals surface area (Å²) in [6.45, 7) is 4.39. The number of rotatable bonds is 5. The van der Waals surface area contributed by atoms with E-state index in [0.717, 1.165) is 6.54 Å². The van der Waals surface area contributed by atoms with Gasteiger partial charge in [0.2, 0.25) is 11.8 Å². The van der Waals surface area contributed by atoms with Gasteiger partial charge in [0.1, 0.15) is 5.41 Å². The number of hydrogen-bond acceptors (Lipinski definition) is 7. The van der Waals surface area contributed by atoms with E-state index in [0.29, 0.717) is 62.7 Å². The molecule has 1 aliphatic carbocycles. The van der Waals surface area contributed by atoms with Crippen molar-refractivity contribution in [1.29, 1.82) is 5.26 Å². The largest absolute Gasteiger partial charge is 0.381 e. The van der Waals surface area contributed by atoms with Gasteiger partial charge in [0.05, 0.1) is 12.1 Å². The lowest BCUT2D eigenvalue weighted by Gasteiger charge is -2.31. The third-order valence-corrected chi connectivity index (χ3v) is 5.95. The van der Waals surface area contributed by atoms with E-state index in [1.807, 2.05) is 6.92 Å². The average Bonchev–Trinajstić information content (AvgIpc) is 3.25. The van der Waals surface area contributed by atoms with Crippen LogP contribution >= 0.6 is 0 Å². The van der Waals surface area contributed by atoms with Crippen molar-refractivity contribution in [3.8, 4) is 6.07 Å².